The summed E-state index contributed by atoms with van der Waals surface area (Å²) in [5.41, 5.74) is 1.87. The van der Waals surface area contributed by atoms with Gasteiger partial charge in [0.2, 0.25) is 10.0 Å². The lowest BCUT2D eigenvalue weighted by atomic mass is 10.1. The first-order chi connectivity index (χ1) is 12.3. The molecule has 0 unspecified atom stereocenters. The zero-order chi connectivity index (χ0) is 19.3. The summed E-state index contributed by atoms with van der Waals surface area (Å²) in [5.74, 6) is 1.65. The molecule has 0 spiro atoms. The maximum atomic E-state index is 12.9. The molecule has 0 bridgehead atoms. The van der Waals surface area contributed by atoms with Crippen molar-refractivity contribution in [2.45, 2.75) is 18.7 Å². The summed E-state index contributed by atoms with van der Waals surface area (Å²) >= 11 is 0. The third-order valence-electron chi connectivity index (χ3n) is 4.18. The third kappa shape index (κ3) is 4.47. The lowest BCUT2D eigenvalue weighted by Crippen LogP contribution is -2.31. The maximum Gasteiger partial charge on any atom is 0.246 e. The number of likely N-dealkylation sites (N-methyl/N-ethyl adjacent to an activating group) is 1. The van der Waals surface area contributed by atoms with Crippen LogP contribution in [0.2, 0.25) is 0 Å². The van der Waals surface area contributed by atoms with Crippen LogP contribution in [0.1, 0.15) is 11.1 Å². The Morgan fingerprint density at radius 1 is 0.962 bits per heavy atom. The second kappa shape index (κ2) is 8.42. The van der Waals surface area contributed by atoms with Crippen molar-refractivity contribution in [2.24, 2.45) is 0 Å². The minimum absolute atomic E-state index is 0.159. The summed E-state index contributed by atoms with van der Waals surface area (Å²) in [4.78, 5) is 0.159. The highest BCUT2D eigenvalue weighted by molar-refractivity contribution is 7.89. The van der Waals surface area contributed by atoms with Crippen molar-refractivity contribution in [2.75, 3.05) is 34.4 Å². The number of rotatable bonds is 8. The first kappa shape index (κ1) is 20.1. The minimum Gasteiger partial charge on any atom is -0.497 e. The van der Waals surface area contributed by atoms with Gasteiger partial charge in [-0.1, -0.05) is 6.07 Å². The van der Waals surface area contributed by atoms with Gasteiger partial charge < -0.3 is 14.2 Å². The minimum atomic E-state index is -3.68. The molecule has 2 aromatic rings. The third-order valence-corrected chi connectivity index (χ3v) is 6.06. The molecule has 0 aliphatic heterocycles. The molecule has 142 valence electrons. The van der Waals surface area contributed by atoms with Gasteiger partial charge in [-0.05, 0) is 49.2 Å². The molecule has 0 saturated carbocycles. The number of aryl methyl sites for hydroxylation is 2. The number of benzene rings is 2. The molecule has 0 amide bonds. The lowest BCUT2D eigenvalue weighted by Gasteiger charge is -2.20. The van der Waals surface area contributed by atoms with E-state index in [2.05, 4.69) is 0 Å². The number of nitrogens with zero attached hydrogens (tertiary/aromatic N) is 1. The van der Waals surface area contributed by atoms with Crippen LogP contribution < -0.4 is 14.2 Å². The molecule has 26 heavy (non-hydrogen) atoms. The molecule has 0 atom stereocenters. The largest absolute Gasteiger partial charge is 0.497 e. The van der Waals surface area contributed by atoms with Crippen molar-refractivity contribution in [1.82, 2.24) is 4.31 Å². The van der Waals surface area contributed by atoms with E-state index in [-0.39, 0.29) is 18.0 Å². The van der Waals surface area contributed by atoms with E-state index in [1.807, 2.05) is 26.0 Å². The fourth-order valence-electron chi connectivity index (χ4n) is 2.40. The van der Waals surface area contributed by atoms with Crippen LogP contribution >= 0.6 is 0 Å². The summed E-state index contributed by atoms with van der Waals surface area (Å²) in [6.45, 7) is 4.21. The average Bonchev–Trinajstić information content (AvgIpc) is 2.63. The molecule has 0 aliphatic carbocycles. The van der Waals surface area contributed by atoms with Crippen molar-refractivity contribution >= 4 is 10.0 Å². The number of sulfonamides is 1. The Kier molecular flexibility index (Phi) is 6.50. The van der Waals surface area contributed by atoms with Crippen molar-refractivity contribution in [1.29, 1.82) is 0 Å². The Bertz CT molecular complexity index is 864. The molecule has 0 N–H and O–H groups in total. The van der Waals surface area contributed by atoms with E-state index in [0.29, 0.717) is 17.2 Å². The van der Waals surface area contributed by atoms with E-state index in [4.69, 9.17) is 14.2 Å². The second-order valence-corrected chi connectivity index (χ2v) is 7.95. The van der Waals surface area contributed by atoms with E-state index >= 15 is 0 Å². The predicted octanol–water partition coefficient (Wildman–Crippen LogP) is 3.02. The first-order valence-electron chi connectivity index (χ1n) is 8.18. The van der Waals surface area contributed by atoms with Crippen LogP contribution in [-0.4, -0.2) is 47.1 Å². The first-order valence-corrected chi connectivity index (χ1v) is 9.62. The SMILES string of the molecule is COc1cccc(OCCN(C)S(=O)(=O)c2cc(C)c(C)cc2OC)c1. The van der Waals surface area contributed by atoms with Gasteiger partial charge in [0.1, 0.15) is 28.8 Å². The Hall–Kier alpha value is -2.25. The molecule has 0 saturated heterocycles. The van der Waals surface area contributed by atoms with E-state index < -0.39 is 10.0 Å². The highest BCUT2D eigenvalue weighted by Gasteiger charge is 2.25. The topological polar surface area (TPSA) is 65.1 Å². The summed E-state index contributed by atoms with van der Waals surface area (Å²) in [5, 5.41) is 0. The molecule has 0 aromatic heterocycles. The number of hydrogen-bond donors (Lipinski definition) is 0. The van der Waals surface area contributed by atoms with E-state index in [1.165, 1.54) is 18.5 Å². The van der Waals surface area contributed by atoms with Gasteiger partial charge in [0, 0.05) is 19.7 Å². The van der Waals surface area contributed by atoms with Gasteiger partial charge in [0.25, 0.3) is 0 Å². The van der Waals surface area contributed by atoms with Gasteiger partial charge in [-0.2, -0.15) is 4.31 Å². The smallest absolute Gasteiger partial charge is 0.246 e. The molecule has 0 heterocycles. The molecule has 6 nitrogen and oxygen atoms in total. The zero-order valence-electron chi connectivity index (χ0n) is 15.8. The fraction of sp³-hybridized carbons (Fsp3) is 0.368. The highest BCUT2D eigenvalue weighted by Crippen LogP contribution is 2.29. The monoisotopic (exact) mass is 379 g/mol. The molecular weight excluding hydrogens is 354 g/mol. The van der Waals surface area contributed by atoms with E-state index in [1.54, 1.807) is 31.4 Å². The molecule has 7 heteroatoms. The normalized spacial score (nSPS) is 11.5. The predicted molar refractivity (Wildman–Crippen MR) is 101 cm³/mol. The Morgan fingerprint density at radius 3 is 2.27 bits per heavy atom. The fourth-order valence-corrected chi connectivity index (χ4v) is 3.77. The van der Waals surface area contributed by atoms with Crippen LogP contribution in [0.4, 0.5) is 0 Å². The average molecular weight is 379 g/mol. The number of hydrogen-bond acceptors (Lipinski definition) is 5. The quantitative estimate of drug-likeness (QED) is 0.705. The van der Waals surface area contributed by atoms with E-state index in [9.17, 15) is 8.42 Å². The van der Waals surface area contributed by atoms with Crippen LogP contribution in [0.5, 0.6) is 17.2 Å². The van der Waals surface area contributed by atoms with Crippen LogP contribution in [0.15, 0.2) is 41.3 Å². The van der Waals surface area contributed by atoms with Gasteiger partial charge in [0.15, 0.2) is 0 Å². The van der Waals surface area contributed by atoms with Gasteiger partial charge in [-0.3, -0.25) is 0 Å². The molecule has 0 fully saturated rings. The van der Waals surface area contributed by atoms with Crippen LogP contribution in [0, 0.1) is 13.8 Å². The molecule has 0 aliphatic rings. The second-order valence-electron chi connectivity index (χ2n) is 5.94. The Balaban J connectivity index is 2.10. The Morgan fingerprint density at radius 2 is 1.62 bits per heavy atom. The highest BCUT2D eigenvalue weighted by atomic mass is 32.2. The lowest BCUT2D eigenvalue weighted by molar-refractivity contribution is 0.285. The van der Waals surface area contributed by atoms with Gasteiger partial charge in [0.05, 0.1) is 14.2 Å². The zero-order valence-corrected chi connectivity index (χ0v) is 16.6. The van der Waals surface area contributed by atoms with Crippen molar-refractivity contribution in [3.63, 3.8) is 0 Å². The molecule has 2 rings (SSSR count). The van der Waals surface area contributed by atoms with Crippen molar-refractivity contribution < 1.29 is 22.6 Å². The van der Waals surface area contributed by atoms with Crippen LogP contribution in [0.25, 0.3) is 0 Å². The van der Waals surface area contributed by atoms with Gasteiger partial charge in [-0.25, -0.2) is 8.42 Å². The Labute approximate surface area is 155 Å². The molecular formula is C19H25NO5S. The van der Waals surface area contributed by atoms with Crippen molar-refractivity contribution in [3.05, 3.63) is 47.5 Å². The molecule has 2 aromatic carbocycles. The maximum absolute atomic E-state index is 12.9. The summed E-state index contributed by atoms with van der Waals surface area (Å²) in [6, 6.07) is 10.6. The van der Waals surface area contributed by atoms with Gasteiger partial charge >= 0.3 is 0 Å². The summed E-state index contributed by atoms with van der Waals surface area (Å²) in [6.07, 6.45) is 0. The van der Waals surface area contributed by atoms with Crippen LogP contribution in [0.3, 0.4) is 0 Å². The van der Waals surface area contributed by atoms with Crippen LogP contribution in [-0.2, 0) is 10.0 Å². The van der Waals surface area contributed by atoms with E-state index in [0.717, 1.165) is 11.1 Å². The summed E-state index contributed by atoms with van der Waals surface area (Å²) in [7, 11) is 0.889. The standard InChI is InChI=1S/C19H25NO5S/c1-14-11-18(24-5)19(12-15(14)2)26(21,22)20(3)9-10-25-17-8-6-7-16(13-17)23-4/h6-8,11-13H,9-10H2,1-5H3. The summed E-state index contributed by atoms with van der Waals surface area (Å²) < 4.78 is 43.1. The van der Waals surface area contributed by atoms with Crippen molar-refractivity contribution in [3.8, 4) is 17.2 Å². The number of methoxy groups -OCH3 is 2. The number of ether oxygens (including phenoxy) is 3. The van der Waals surface area contributed by atoms with Gasteiger partial charge in [-0.15, -0.1) is 0 Å². The molecule has 0 radical (unpaired) electrons.